The molecule has 4 nitrogen and oxygen atoms in total. The number of nitrogens with zero attached hydrogens (tertiary/aromatic N) is 2. The lowest BCUT2D eigenvalue weighted by Crippen LogP contribution is -2.19. The van der Waals surface area contributed by atoms with Gasteiger partial charge in [0.05, 0.1) is 11.0 Å². The van der Waals surface area contributed by atoms with Crippen LogP contribution in [-0.2, 0) is 22.6 Å². The Morgan fingerprint density at radius 1 is 1.39 bits per heavy atom. The van der Waals surface area contributed by atoms with E-state index in [-0.39, 0.29) is 18.7 Å². The van der Waals surface area contributed by atoms with E-state index in [0.717, 1.165) is 10.7 Å². The van der Waals surface area contributed by atoms with E-state index >= 15 is 0 Å². The fourth-order valence-electron chi connectivity index (χ4n) is 1.30. The van der Waals surface area contributed by atoms with Crippen molar-refractivity contribution in [1.82, 2.24) is 9.78 Å². The van der Waals surface area contributed by atoms with Gasteiger partial charge >= 0.3 is 6.18 Å². The molecule has 0 aromatic carbocycles. The number of sulfone groups is 1. The lowest BCUT2D eigenvalue weighted by molar-refractivity contribution is -0.141. The molecule has 18 heavy (non-hydrogen) atoms. The molecular weight excluding hydrogens is 269 g/mol. The maximum Gasteiger partial charge on any atom is 0.435 e. The molecule has 0 aliphatic carbocycles. The van der Waals surface area contributed by atoms with E-state index in [1.807, 2.05) is 0 Å². The first-order valence-electron chi connectivity index (χ1n) is 5.45. The van der Waals surface area contributed by atoms with Crippen molar-refractivity contribution in [2.75, 3.05) is 5.75 Å². The largest absolute Gasteiger partial charge is 0.435 e. The Kier molecular flexibility index (Phi) is 4.41. The van der Waals surface area contributed by atoms with Gasteiger partial charge in [0, 0.05) is 12.7 Å². The maximum atomic E-state index is 12.2. The number of aromatic nitrogens is 2. The van der Waals surface area contributed by atoms with Gasteiger partial charge in [-0.05, 0) is 26.3 Å². The molecule has 1 aromatic rings. The van der Waals surface area contributed by atoms with E-state index in [0.29, 0.717) is 0 Å². The highest BCUT2D eigenvalue weighted by Gasteiger charge is 2.33. The summed E-state index contributed by atoms with van der Waals surface area (Å²) in [5.74, 6) is -0.0497. The van der Waals surface area contributed by atoms with Crippen LogP contribution in [0.25, 0.3) is 0 Å². The number of rotatable bonds is 5. The number of hydrogen-bond acceptors (Lipinski definition) is 3. The molecule has 0 bridgehead atoms. The van der Waals surface area contributed by atoms with Gasteiger partial charge in [0.25, 0.3) is 0 Å². The number of aryl methyl sites for hydroxylation is 1. The van der Waals surface area contributed by atoms with E-state index in [1.54, 1.807) is 13.8 Å². The topological polar surface area (TPSA) is 52.0 Å². The van der Waals surface area contributed by atoms with Crippen LogP contribution in [0.4, 0.5) is 13.2 Å². The molecule has 104 valence electrons. The molecular formula is C10H15F3N2O2S. The number of halogens is 3. The minimum absolute atomic E-state index is 0.0497. The second-order valence-electron chi connectivity index (χ2n) is 4.23. The van der Waals surface area contributed by atoms with Gasteiger partial charge in [-0.3, -0.25) is 4.68 Å². The van der Waals surface area contributed by atoms with E-state index < -0.39 is 27.0 Å². The Labute approximate surface area is 104 Å². The summed E-state index contributed by atoms with van der Waals surface area (Å²) >= 11 is 0. The molecule has 8 heteroatoms. The minimum atomic E-state index is -4.46. The summed E-state index contributed by atoms with van der Waals surface area (Å²) in [4.78, 5) is 0. The third-order valence-corrected chi connectivity index (χ3v) is 4.76. The van der Waals surface area contributed by atoms with Gasteiger partial charge in [0.2, 0.25) is 0 Å². The van der Waals surface area contributed by atoms with Gasteiger partial charge in [-0.15, -0.1) is 0 Å². The Hall–Kier alpha value is -1.05. The quantitative estimate of drug-likeness (QED) is 0.832. The third kappa shape index (κ3) is 4.01. The lowest BCUT2D eigenvalue weighted by Gasteiger charge is -2.07. The molecule has 0 aliphatic heterocycles. The van der Waals surface area contributed by atoms with Gasteiger partial charge in [-0.2, -0.15) is 18.3 Å². The Bertz CT molecular complexity index is 491. The fourth-order valence-corrected chi connectivity index (χ4v) is 2.30. The van der Waals surface area contributed by atoms with Crippen molar-refractivity contribution in [3.63, 3.8) is 0 Å². The zero-order valence-electron chi connectivity index (χ0n) is 10.1. The standard InChI is InChI=1S/C10H15F3N2O2S/c1-8(2)18(16,17)7-3-5-15-6-4-9(14-15)10(11,12)13/h4,6,8H,3,5,7H2,1-2H3. The average Bonchev–Trinajstić information content (AvgIpc) is 2.65. The highest BCUT2D eigenvalue weighted by Crippen LogP contribution is 2.27. The molecule has 1 rings (SSSR count). The first-order chi connectivity index (χ1) is 8.13. The van der Waals surface area contributed by atoms with Crippen molar-refractivity contribution in [2.24, 2.45) is 0 Å². The molecule has 0 spiro atoms. The van der Waals surface area contributed by atoms with Crippen LogP contribution in [0, 0.1) is 0 Å². The zero-order chi connectivity index (χ0) is 14.0. The second kappa shape index (κ2) is 5.29. The Balaban J connectivity index is 2.53. The van der Waals surface area contributed by atoms with Gasteiger partial charge < -0.3 is 0 Å². The molecule has 1 aromatic heterocycles. The molecule has 0 atom stereocenters. The van der Waals surface area contributed by atoms with Crippen molar-refractivity contribution in [3.8, 4) is 0 Å². The van der Waals surface area contributed by atoms with Crippen LogP contribution in [0.5, 0.6) is 0 Å². The normalized spacial score (nSPS) is 13.2. The predicted molar refractivity (Wildman–Crippen MR) is 60.8 cm³/mol. The summed E-state index contributed by atoms with van der Waals surface area (Å²) in [6, 6.07) is 0.872. The molecule has 0 N–H and O–H groups in total. The molecule has 0 fully saturated rings. The van der Waals surface area contributed by atoms with E-state index in [1.165, 1.54) is 6.20 Å². The third-order valence-electron chi connectivity index (χ3n) is 2.47. The Morgan fingerprint density at radius 2 is 2.00 bits per heavy atom. The zero-order valence-corrected chi connectivity index (χ0v) is 10.9. The SMILES string of the molecule is CC(C)S(=O)(=O)CCCn1ccc(C(F)(F)F)n1. The van der Waals surface area contributed by atoms with Gasteiger partial charge in [0.15, 0.2) is 15.5 Å². The van der Waals surface area contributed by atoms with Crippen molar-refractivity contribution in [2.45, 2.75) is 38.2 Å². The van der Waals surface area contributed by atoms with Gasteiger partial charge in [-0.1, -0.05) is 0 Å². The predicted octanol–water partition coefficient (Wildman–Crippen LogP) is 2.12. The number of hydrogen-bond donors (Lipinski definition) is 0. The summed E-state index contributed by atoms with van der Waals surface area (Å²) < 4.78 is 60.8. The smallest absolute Gasteiger partial charge is 0.272 e. The Morgan fingerprint density at radius 3 is 2.44 bits per heavy atom. The van der Waals surface area contributed by atoms with E-state index in [9.17, 15) is 21.6 Å². The van der Waals surface area contributed by atoms with Crippen LogP contribution in [0.15, 0.2) is 12.3 Å². The summed E-state index contributed by atoms with van der Waals surface area (Å²) in [5.41, 5.74) is -0.964. The van der Waals surface area contributed by atoms with Crippen LogP contribution in [-0.4, -0.2) is 29.2 Å². The first-order valence-corrected chi connectivity index (χ1v) is 7.16. The van der Waals surface area contributed by atoms with Crippen LogP contribution in [0.3, 0.4) is 0 Å². The molecule has 1 heterocycles. The second-order valence-corrected chi connectivity index (χ2v) is 6.91. The van der Waals surface area contributed by atoms with Gasteiger partial charge in [-0.25, -0.2) is 8.42 Å². The average molecular weight is 284 g/mol. The van der Waals surface area contributed by atoms with Crippen LogP contribution < -0.4 is 0 Å². The van der Waals surface area contributed by atoms with Crippen molar-refractivity contribution >= 4 is 9.84 Å². The van der Waals surface area contributed by atoms with E-state index in [2.05, 4.69) is 5.10 Å². The van der Waals surface area contributed by atoms with Gasteiger partial charge in [0.1, 0.15) is 0 Å². The highest BCUT2D eigenvalue weighted by atomic mass is 32.2. The molecule has 0 amide bonds. The van der Waals surface area contributed by atoms with Crippen molar-refractivity contribution < 1.29 is 21.6 Å². The van der Waals surface area contributed by atoms with Crippen LogP contribution in [0.2, 0.25) is 0 Å². The lowest BCUT2D eigenvalue weighted by atomic mass is 10.4. The maximum absolute atomic E-state index is 12.2. The van der Waals surface area contributed by atoms with Crippen LogP contribution >= 0.6 is 0 Å². The monoisotopic (exact) mass is 284 g/mol. The molecule has 0 saturated heterocycles. The summed E-state index contributed by atoms with van der Waals surface area (Å²) in [6.45, 7) is 3.30. The summed E-state index contributed by atoms with van der Waals surface area (Å²) in [5, 5.41) is 2.87. The number of alkyl halides is 3. The molecule has 0 saturated carbocycles. The minimum Gasteiger partial charge on any atom is -0.272 e. The summed E-state index contributed by atoms with van der Waals surface area (Å²) in [6.07, 6.45) is -3.01. The molecule has 0 unspecified atom stereocenters. The van der Waals surface area contributed by atoms with E-state index in [4.69, 9.17) is 0 Å². The van der Waals surface area contributed by atoms with Crippen LogP contribution in [0.1, 0.15) is 26.0 Å². The first kappa shape index (κ1) is 15.0. The molecule has 0 radical (unpaired) electrons. The molecule has 0 aliphatic rings. The highest BCUT2D eigenvalue weighted by molar-refractivity contribution is 7.91. The van der Waals surface area contributed by atoms with Crippen molar-refractivity contribution in [3.05, 3.63) is 18.0 Å². The van der Waals surface area contributed by atoms with Crippen molar-refractivity contribution in [1.29, 1.82) is 0 Å². The summed E-state index contributed by atoms with van der Waals surface area (Å²) in [7, 11) is -3.15. The fraction of sp³-hybridized carbons (Fsp3) is 0.700.